The lowest BCUT2D eigenvalue weighted by atomic mass is 10.1. The molecular formula is C14H20ClNO2. The summed E-state index contributed by atoms with van der Waals surface area (Å²) in [4.78, 5) is 13.6. The first-order chi connectivity index (χ1) is 8.63. The zero-order valence-corrected chi connectivity index (χ0v) is 11.5. The predicted octanol–water partition coefficient (Wildman–Crippen LogP) is 2.80. The molecule has 0 aliphatic rings. The summed E-state index contributed by atoms with van der Waals surface area (Å²) in [5.74, 6) is 0.956. The van der Waals surface area contributed by atoms with Crippen LogP contribution in [0.25, 0.3) is 0 Å². The fraction of sp³-hybridized carbons (Fsp3) is 0.500. The molecule has 0 atom stereocenters. The minimum absolute atomic E-state index is 0.0754. The van der Waals surface area contributed by atoms with Crippen molar-refractivity contribution < 1.29 is 9.90 Å². The number of likely N-dealkylation sites (N-methyl/N-ethyl adjacent to an activating group) is 1. The maximum atomic E-state index is 11.9. The maximum absolute atomic E-state index is 11.9. The van der Waals surface area contributed by atoms with Crippen LogP contribution in [-0.2, 0) is 11.2 Å². The van der Waals surface area contributed by atoms with E-state index >= 15 is 0 Å². The van der Waals surface area contributed by atoms with Crippen LogP contribution in [0.3, 0.4) is 0 Å². The summed E-state index contributed by atoms with van der Waals surface area (Å²) in [5.41, 5.74) is 0.840. The van der Waals surface area contributed by atoms with Crippen LogP contribution >= 0.6 is 11.6 Å². The average Bonchev–Trinajstić information content (AvgIpc) is 2.34. The molecule has 1 N–H and O–H groups in total. The Hall–Kier alpha value is -1.22. The first-order valence-corrected chi connectivity index (χ1v) is 6.75. The first-order valence-electron chi connectivity index (χ1n) is 6.21. The van der Waals surface area contributed by atoms with Gasteiger partial charge in [0.1, 0.15) is 5.75 Å². The molecule has 0 fully saturated rings. The number of rotatable bonds is 7. The van der Waals surface area contributed by atoms with Crippen LogP contribution in [0.4, 0.5) is 0 Å². The lowest BCUT2D eigenvalue weighted by molar-refractivity contribution is -0.129. The Balaban J connectivity index is 2.35. The van der Waals surface area contributed by atoms with E-state index in [-0.39, 0.29) is 11.7 Å². The van der Waals surface area contributed by atoms with Gasteiger partial charge in [0, 0.05) is 19.5 Å². The summed E-state index contributed by atoms with van der Waals surface area (Å²) in [6, 6.07) is 6.82. The molecule has 3 nitrogen and oxygen atoms in total. The van der Waals surface area contributed by atoms with E-state index in [1.807, 2.05) is 13.1 Å². The number of phenolic OH excluding ortho intramolecular Hbond substituents is 1. The van der Waals surface area contributed by atoms with Crippen LogP contribution in [0.1, 0.15) is 24.8 Å². The number of alkyl halides is 1. The molecule has 1 rings (SSSR count). The highest BCUT2D eigenvalue weighted by atomic mass is 35.5. The van der Waals surface area contributed by atoms with E-state index in [0.717, 1.165) is 31.4 Å². The molecule has 100 valence electrons. The number of hydrogen-bond donors (Lipinski definition) is 1. The van der Waals surface area contributed by atoms with Crippen LogP contribution < -0.4 is 0 Å². The number of carbonyl (C=O) groups is 1. The van der Waals surface area contributed by atoms with Gasteiger partial charge in [0.2, 0.25) is 5.91 Å². The van der Waals surface area contributed by atoms with Gasteiger partial charge in [-0.3, -0.25) is 4.79 Å². The van der Waals surface area contributed by atoms with Gasteiger partial charge in [-0.25, -0.2) is 0 Å². The fourth-order valence-corrected chi connectivity index (χ4v) is 1.91. The van der Waals surface area contributed by atoms with Crippen LogP contribution in [-0.4, -0.2) is 35.4 Å². The van der Waals surface area contributed by atoms with Gasteiger partial charge in [0.25, 0.3) is 0 Å². The number of carbonyl (C=O) groups excluding carboxylic acids is 1. The van der Waals surface area contributed by atoms with E-state index in [0.29, 0.717) is 12.3 Å². The normalized spacial score (nSPS) is 10.3. The van der Waals surface area contributed by atoms with E-state index in [1.165, 1.54) is 0 Å². The van der Waals surface area contributed by atoms with Crippen LogP contribution in [0, 0.1) is 0 Å². The van der Waals surface area contributed by atoms with Gasteiger partial charge >= 0.3 is 0 Å². The third-order valence-corrected chi connectivity index (χ3v) is 3.09. The Morgan fingerprint density at radius 2 is 2.11 bits per heavy atom. The summed E-state index contributed by atoms with van der Waals surface area (Å²) in [7, 11) is 1.81. The van der Waals surface area contributed by atoms with Crippen LogP contribution in [0.15, 0.2) is 24.3 Å². The lowest BCUT2D eigenvalue weighted by Gasteiger charge is -2.17. The predicted molar refractivity (Wildman–Crippen MR) is 74.0 cm³/mol. The van der Waals surface area contributed by atoms with Gasteiger partial charge in [-0.1, -0.05) is 18.6 Å². The van der Waals surface area contributed by atoms with E-state index < -0.39 is 0 Å². The van der Waals surface area contributed by atoms with Gasteiger partial charge in [-0.2, -0.15) is 0 Å². The second-order valence-electron chi connectivity index (χ2n) is 4.41. The quantitative estimate of drug-likeness (QED) is 0.611. The summed E-state index contributed by atoms with van der Waals surface area (Å²) < 4.78 is 0. The third-order valence-electron chi connectivity index (χ3n) is 2.82. The molecule has 4 heteroatoms. The summed E-state index contributed by atoms with van der Waals surface area (Å²) >= 11 is 5.60. The standard InChI is InChI=1S/C14H20ClNO2/c1-16(9-4-2-3-8-15)14(18)11-12-6-5-7-13(17)10-12/h5-7,10,17H,2-4,8-9,11H2,1H3. The second-order valence-corrected chi connectivity index (χ2v) is 4.79. The third kappa shape index (κ3) is 5.41. The molecule has 0 bridgehead atoms. The van der Waals surface area contributed by atoms with E-state index in [1.54, 1.807) is 23.1 Å². The first kappa shape index (κ1) is 14.8. The van der Waals surface area contributed by atoms with Crippen molar-refractivity contribution in [3.05, 3.63) is 29.8 Å². The molecule has 0 saturated carbocycles. The molecular weight excluding hydrogens is 250 g/mol. The number of hydrogen-bond acceptors (Lipinski definition) is 2. The number of unbranched alkanes of at least 4 members (excludes halogenated alkanes) is 2. The monoisotopic (exact) mass is 269 g/mol. The fourth-order valence-electron chi connectivity index (χ4n) is 1.72. The number of phenols is 1. The Morgan fingerprint density at radius 1 is 1.33 bits per heavy atom. The highest BCUT2D eigenvalue weighted by Crippen LogP contribution is 2.12. The van der Waals surface area contributed by atoms with Crippen molar-refractivity contribution in [2.75, 3.05) is 19.5 Å². The molecule has 0 saturated heterocycles. The largest absolute Gasteiger partial charge is 0.508 e. The Kier molecular flexibility index (Phi) is 6.58. The van der Waals surface area contributed by atoms with Crippen molar-refractivity contribution in [1.29, 1.82) is 0 Å². The molecule has 1 aromatic rings. The molecule has 0 radical (unpaired) electrons. The maximum Gasteiger partial charge on any atom is 0.226 e. The Morgan fingerprint density at radius 3 is 2.78 bits per heavy atom. The highest BCUT2D eigenvalue weighted by molar-refractivity contribution is 6.17. The number of aromatic hydroxyl groups is 1. The van der Waals surface area contributed by atoms with Crippen molar-refractivity contribution in [1.82, 2.24) is 4.90 Å². The Bertz CT molecular complexity index is 382. The van der Waals surface area contributed by atoms with Gasteiger partial charge in [0.15, 0.2) is 0 Å². The van der Waals surface area contributed by atoms with E-state index in [2.05, 4.69) is 0 Å². The zero-order chi connectivity index (χ0) is 13.4. The van der Waals surface area contributed by atoms with Crippen molar-refractivity contribution in [2.45, 2.75) is 25.7 Å². The zero-order valence-electron chi connectivity index (χ0n) is 10.7. The van der Waals surface area contributed by atoms with Crippen molar-refractivity contribution in [3.63, 3.8) is 0 Å². The molecule has 0 unspecified atom stereocenters. The molecule has 18 heavy (non-hydrogen) atoms. The smallest absolute Gasteiger partial charge is 0.226 e. The minimum atomic E-state index is 0.0754. The van der Waals surface area contributed by atoms with Crippen molar-refractivity contribution in [2.24, 2.45) is 0 Å². The molecule has 0 spiro atoms. The lowest BCUT2D eigenvalue weighted by Crippen LogP contribution is -2.29. The second kappa shape index (κ2) is 7.98. The van der Waals surface area contributed by atoms with E-state index in [9.17, 15) is 9.90 Å². The summed E-state index contributed by atoms with van der Waals surface area (Å²) in [5, 5.41) is 9.33. The summed E-state index contributed by atoms with van der Waals surface area (Å²) in [6.45, 7) is 0.758. The molecule has 0 aliphatic carbocycles. The minimum Gasteiger partial charge on any atom is -0.508 e. The Labute approximate surface area is 113 Å². The molecule has 0 aromatic heterocycles. The highest BCUT2D eigenvalue weighted by Gasteiger charge is 2.09. The van der Waals surface area contributed by atoms with Crippen molar-refractivity contribution in [3.8, 4) is 5.75 Å². The van der Waals surface area contributed by atoms with Gasteiger partial charge in [-0.15, -0.1) is 11.6 Å². The van der Waals surface area contributed by atoms with Crippen molar-refractivity contribution >= 4 is 17.5 Å². The van der Waals surface area contributed by atoms with Crippen LogP contribution in [0.5, 0.6) is 5.75 Å². The summed E-state index contributed by atoms with van der Waals surface area (Å²) in [6.07, 6.45) is 3.36. The number of benzene rings is 1. The number of nitrogens with zero attached hydrogens (tertiary/aromatic N) is 1. The molecule has 0 heterocycles. The number of halogens is 1. The molecule has 0 aliphatic heterocycles. The van der Waals surface area contributed by atoms with Gasteiger partial charge in [-0.05, 0) is 30.5 Å². The van der Waals surface area contributed by atoms with Gasteiger partial charge in [0.05, 0.1) is 6.42 Å². The molecule has 1 aromatic carbocycles. The van der Waals surface area contributed by atoms with Crippen LogP contribution in [0.2, 0.25) is 0 Å². The van der Waals surface area contributed by atoms with Gasteiger partial charge < -0.3 is 10.0 Å². The number of amides is 1. The topological polar surface area (TPSA) is 40.5 Å². The SMILES string of the molecule is CN(CCCCCCl)C(=O)Cc1cccc(O)c1. The van der Waals surface area contributed by atoms with E-state index in [4.69, 9.17) is 11.6 Å². The average molecular weight is 270 g/mol. The molecule has 1 amide bonds.